The molecule has 0 radical (unpaired) electrons. The molecule has 1 aliphatic carbocycles. The average Bonchev–Trinajstić information content (AvgIpc) is 1.67. The van der Waals surface area contributed by atoms with E-state index in [1.54, 1.807) is 12.2 Å². The lowest BCUT2D eigenvalue weighted by molar-refractivity contribution is -0.148. The lowest BCUT2D eigenvalue weighted by Gasteiger charge is -2.32. The van der Waals surface area contributed by atoms with Crippen molar-refractivity contribution in [2.24, 2.45) is 5.73 Å². The summed E-state index contributed by atoms with van der Waals surface area (Å²) in [6.07, 6.45) is 0.740. The third-order valence-electron chi connectivity index (χ3n) is 26.7. The smallest absolute Gasteiger partial charge is 0.250 e. The molecule has 12 fully saturated rings. The normalized spacial score (nSPS) is 29.9. The van der Waals surface area contributed by atoms with Crippen LogP contribution >= 0.6 is 12.6 Å². The summed E-state index contributed by atoms with van der Waals surface area (Å²) in [5.74, 6) is -14.4. The predicted octanol–water partition coefficient (Wildman–Crippen LogP) is -11.8. The summed E-state index contributed by atoms with van der Waals surface area (Å²) < 4.78 is 0. The zero-order valence-electron chi connectivity index (χ0n) is 70.8. The minimum absolute atomic E-state index is 0.0362. The Kier molecular flexibility index (Phi) is 30.4. The van der Waals surface area contributed by atoms with Crippen LogP contribution in [-0.4, -0.2) is 446 Å². The molecular weight excluding hydrogens is 1700 g/mol. The van der Waals surface area contributed by atoms with E-state index >= 15 is 0 Å². The topological polar surface area (TPSA) is 612 Å². The lowest BCUT2D eigenvalue weighted by atomic mass is 10.1. The Bertz CT molecular complexity index is 4460. The van der Waals surface area contributed by atoms with Crippen LogP contribution in [0.25, 0.3) is 0 Å². The second-order valence-corrected chi connectivity index (χ2v) is 35.5. The molecule has 46 nitrogen and oxygen atoms in total. The Morgan fingerprint density at radius 3 is 0.750 bits per heavy atom. The molecule has 12 heterocycles. The van der Waals surface area contributed by atoms with E-state index in [0.717, 1.165) is 24.5 Å². The van der Waals surface area contributed by atoms with Crippen LogP contribution in [0.1, 0.15) is 122 Å². The highest BCUT2D eigenvalue weighted by atomic mass is 32.1. The van der Waals surface area contributed by atoms with Crippen LogP contribution in [0.4, 0.5) is 0 Å². The molecule has 13 aliphatic rings. The highest BCUT2D eigenvalue weighted by molar-refractivity contribution is 7.80. The molecule has 15 N–H and O–H groups in total. The van der Waals surface area contributed by atoms with E-state index in [9.17, 15) is 127 Å². The van der Waals surface area contributed by atoms with Gasteiger partial charge in [-0.2, -0.15) is 12.6 Å². The summed E-state index contributed by atoms with van der Waals surface area (Å²) in [7, 11) is 0. The molecule has 0 aromatic rings. The van der Waals surface area contributed by atoms with Crippen molar-refractivity contribution in [3.63, 3.8) is 0 Å². The van der Waals surface area contributed by atoms with Gasteiger partial charge in [0.05, 0.1) is 75.9 Å². The maximum atomic E-state index is 14.5. The molecule has 47 heteroatoms. The number of hydrogen-bond acceptors (Lipinski definition) is 27. The first kappa shape index (κ1) is 94.6. The molecule has 0 saturated carbocycles. The van der Waals surface area contributed by atoms with Crippen LogP contribution in [0, 0.1) is 0 Å². The van der Waals surface area contributed by atoms with Gasteiger partial charge < -0.3 is 132 Å². The van der Waals surface area contributed by atoms with Crippen molar-refractivity contribution < 1.29 is 127 Å². The van der Waals surface area contributed by atoms with Crippen molar-refractivity contribution in [3.8, 4) is 0 Å². The monoisotopic (exact) mass is 1810 g/mol. The van der Waals surface area contributed by atoms with Gasteiger partial charge in [0.2, 0.25) is 112 Å². The number of nitrogens with zero attached hydrogens (tertiary/aromatic N) is 12. The number of rotatable bonds is 28. The van der Waals surface area contributed by atoms with E-state index in [-0.39, 0.29) is 154 Å². The largest absolute Gasteiger partial charge is 0.391 e. The minimum atomic E-state index is -1.34. The molecule has 13 rings (SSSR count). The maximum absolute atomic E-state index is 14.5. The molecule has 128 heavy (non-hydrogen) atoms. The van der Waals surface area contributed by atoms with Crippen LogP contribution in [0.5, 0.6) is 0 Å². The standard InChI is InChI=1S/C81H114N20O26S/c82-68(114)49(41-128)89-62(108)29-83-69(115)56-23-43(102)35-96(56)76(122)50-11-3-17-90(50)63(109)30-84-70(116)57-24-44(103)36-97(57)77(123)51-12-4-18-91(51)64(110)31-85-71(117)58-25-45(104)37-98(58)78(124)52-13-5-19-92(52)65(111)32-86-72(118)59-26-46(105)38-99(59)79(125)53-14-6-20-93(53)66(112)33-87-73(119)60-27-47(106)39-100(60)80(126)54-15-7-21-94(54)67(113)34-88-74(120)61-28-48(107)40-101(61)81(127)55-16-8-22-95(55)75(121)42-9-1-2-10-42/h1-2,9,43-61,102-107,128H,3-8,10-41H2,(H2,82,114)(H,83,115)(H,84,116)(H,85,117)(H,86,118)(H,87,119)(H,88,120)(H,89,108)/t43-,44-,45-,46-,47-,48-,49-,50-,51-,52-,53-,54-,55-,56-,57-,58-,59-,60-,61-/m0/s1. The molecule has 0 bridgehead atoms. The zero-order valence-corrected chi connectivity index (χ0v) is 71.7. The Morgan fingerprint density at radius 2 is 0.539 bits per heavy atom. The quantitative estimate of drug-likeness (QED) is 0.0324. The van der Waals surface area contributed by atoms with Gasteiger partial charge in [0.15, 0.2) is 0 Å². The number of β-amino-alcohol motifs (C(OH)–C–C–N with tert-alkyl or cyclic N) is 6. The molecule has 0 aromatic heterocycles. The summed E-state index contributed by atoms with van der Waals surface area (Å²) in [4.78, 5) is 290. The van der Waals surface area contributed by atoms with E-state index in [2.05, 4.69) is 49.8 Å². The molecule has 0 spiro atoms. The number of hydrogen-bond donors (Lipinski definition) is 15. The molecule has 700 valence electrons. The highest BCUT2D eigenvalue weighted by Gasteiger charge is 2.53. The van der Waals surface area contributed by atoms with Crippen molar-refractivity contribution in [2.45, 2.75) is 237 Å². The van der Waals surface area contributed by atoms with Crippen molar-refractivity contribution in [2.75, 3.05) is 124 Å². The Balaban J connectivity index is 0.540. The number of thiol groups is 1. The molecule has 0 unspecified atom stereocenters. The summed E-state index contributed by atoms with van der Waals surface area (Å²) in [6, 6.07) is -15.4. The van der Waals surface area contributed by atoms with Crippen LogP contribution in [0.3, 0.4) is 0 Å². The third-order valence-corrected chi connectivity index (χ3v) is 27.0. The molecule has 19 atom stereocenters. The van der Waals surface area contributed by atoms with E-state index < -0.39 is 267 Å². The van der Waals surface area contributed by atoms with Crippen molar-refractivity contribution in [1.82, 2.24) is 96.0 Å². The number of carbonyl (C=O) groups is 20. The average molecular weight is 1820 g/mol. The first-order valence-corrected chi connectivity index (χ1v) is 44.7. The first-order valence-electron chi connectivity index (χ1n) is 44.0. The Hall–Kier alpha value is -11.0. The molecule has 0 aromatic carbocycles. The number of nitrogens with two attached hydrogens (primary N) is 1. The van der Waals surface area contributed by atoms with Crippen LogP contribution < -0.4 is 43.0 Å². The number of aliphatic hydroxyl groups is 6. The van der Waals surface area contributed by atoms with E-state index in [0.29, 0.717) is 63.5 Å². The fraction of sp³-hybridized carbons (Fsp3) is 0.704. The van der Waals surface area contributed by atoms with Gasteiger partial charge >= 0.3 is 0 Å². The summed E-state index contributed by atoms with van der Waals surface area (Å²) in [5, 5.41) is 82.1. The summed E-state index contributed by atoms with van der Waals surface area (Å²) in [5.41, 5.74) is 5.79. The van der Waals surface area contributed by atoms with Crippen LogP contribution in [-0.2, 0) is 95.9 Å². The zero-order chi connectivity index (χ0) is 92.0. The van der Waals surface area contributed by atoms with E-state index in [1.165, 1.54) is 34.3 Å². The number of aliphatic hydroxyl groups excluding tert-OH is 6. The van der Waals surface area contributed by atoms with Crippen molar-refractivity contribution >= 4 is 131 Å². The maximum Gasteiger partial charge on any atom is 0.250 e. The summed E-state index contributed by atoms with van der Waals surface area (Å²) in [6.45, 7) is -4.93. The van der Waals surface area contributed by atoms with E-state index in [1.807, 2.05) is 6.08 Å². The SMILES string of the molecule is NC(=O)[C@H](CS)NC(=O)CNC(=O)[C@@H]1C[C@H](O)CN1C(=O)[C@@H]1CCCN1C(=O)CNC(=O)[C@@H]1C[C@H](O)CN1C(=O)[C@@H]1CCCN1C(=O)CNC(=O)[C@@H]1C[C@H](O)CN1C(=O)[C@@H]1CCCN1C(=O)CNC(=O)[C@@H]1C[C@H](O)CN1C(=O)[C@@H]1CCCN1C(=O)CNC(=O)[C@@H]1C[C@H](O)CN1C(=O)[C@@H]1CCCN1C(=O)CNC(=O)[C@@H]1C[C@H](O)CN1C(=O)[C@@H]1CCCN1C(=O)C1=CC=CC1. The fourth-order valence-corrected chi connectivity index (χ4v) is 20.6. The lowest BCUT2D eigenvalue weighted by Crippen LogP contribution is -2.57. The van der Waals surface area contributed by atoms with Gasteiger partial charge in [-0.05, 0) is 83.5 Å². The number of amides is 20. The fourth-order valence-electron chi connectivity index (χ4n) is 20.3. The van der Waals surface area contributed by atoms with Gasteiger partial charge in [-0.1, -0.05) is 18.2 Å². The van der Waals surface area contributed by atoms with Crippen LogP contribution in [0.2, 0.25) is 0 Å². The molecule has 12 aliphatic heterocycles. The number of carbonyl (C=O) groups excluding carboxylic acids is 20. The highest BCUT2D eigenvalue weighted by Crippen LogP contribution is 2.34. The number of allylic oxidation sites excluding steroid dienone is 3. The molecule has 12 saturated heterocycles. The number of likely N-dealkylation sites (tertiary alicyclic amines) is 12. The molecular formula is C81H114N20O26S. The van der Waals surface area contributed by atoms with Crippen molar-refractivity contribution in [3.05, 3.63) is 23.8 Å². The Morgan fingerprint density at radius 1 is 0.320 bits per heavy atom. The second-order valence-electron chi connectivity index (χ2n) is 35.1. The van der Waals surface area contributed by atoms with Gasteiger partial charge in [-0.15, -0.1) is 0 Å². The third kappa shape index (κ3) is 20.8. The Labute approximate surface area is 740 Å². The number of nitrogens with one attached hydrogen (secondary N) is 7. The van der Waals surface area contributed by atoms with Gasteiger partial charge in [0, 0.05) is 128 Å². The second kappa shape index (κ2) is 41.2. The molecule has 20 amide bonds. The predicted molar refractivity (Wildman–Crippen MR) is 440 cm³/mol. The van der Waals surface area contributed by atoms with Gasteiger partial charge in [0.25, 0.3) is 5.91 Å². The number of primary amides is 1. The minimum Gasteiger partial charge on any atom is -0.391 e. The van der Waals surface area contributed by atoms with E-state index in [4.69, 9.17) is 5.73 Å². The van der Waals surface area contributed by atoms with Crippen LogP contribution in [0.15, 0.2) is 23.8 Å². The first-order chi connectivity index (χ1) is 61.1. The van der Waals surface area contributed by atoms with Gasteiger partial charge in [0.1, 0.15) is 78.5 Å². The van der Waals surface area contributed by atoms with Crippen molar-refractivity contribution in [1.29, 1.82) is 0 Å². The van der Waals surface area contributed by atoms with Gasteiger partial charge in [-0.25, -0.2) is 0 Å². The summed E-state index contributed by atoms with van der Waals surface area (Å²) >= 11 is 3.97. The van der Waals surface area contributed by atoms with Gasteiger partial charge in [-0.3, -0.25) is 95.9 Å².